The molecule has 2 N–H and O–H groups in total. The first kappa shape index (κ1) is 13.2. The van der Waals surface area contributed by atoms with Crippen molar-refractivity contribution in [3.63, 3.8) is 0 Å². The highest BCUT2D eigenvalue weighted by Crippen LogP contribution is 2.29. The zero-order chi connectivity index (χ0) is 14.1. The quantitative estimate of drug-likeness (QED) is 0.765. The zero-order valence-corrected chi connectivity index (χ0v) is 12.1. The number of nitrogens with two attached hydrogens (primary N) is 1. The number of hydrogen-bond acceptors (Lipinski definition) is 2. The van der Waals surface area contributed by atoms with Crippen molar-refractivity contribution in [3.8, 4) is 0 Å². The van der Waals surface area contributed by atoms with Gasteiger partial charge in [0.1, 0.15) is 5.82 Å². The third-order valence-corrected chi connectivity index (χ3v) is 3.80. The summed E-state index contributed by atoms with van der Waals surface area (Å²) in [7, 11) is 0. The molecule has 2 aromatic carbocycles. The third-order valence-electron chi connectivity index (χ3n) is 3.31. The molecule has 4 heteroatoms. The number of hydrogen-bond donors (Lipinski definition) is 1. The molecule has 0 saturated carbocycles. The molecule has 1 aromatic heterocycles. The van der Waals surface area contributed by atoms with E-state index in [-0.39, 0.29) is 5.82 Å². The number of benzene rings is 2. The molecule has 1 unspecified atom stereocenters. The minimum Gasteiger partial charge on any atom is -0.320 e. The van der Waals surface area contributed by atoms with Crippen LogP contribution in [0.3, 0.4) is 0 Å². The van der Waals surface area contributed by atoms with Gasteiger partial charge in [-0.15, -0.1) is 0 Å². The fourth-order valence-electron chi connectivity index (χ4n) is 2.32. The second kappa shape index (κ2) is 5.31. The summed E-state index contributed by atoms with van der Waals surface area (Å²) in [5, 5.41) is 0.946. The van der Waals surface area contributed by atoms with Crippen LogP contribution in [0.2, 0.25) is 0 Å². The summed E-state index contributed by atoms with van der Waals surface area (Å²) < 4.78 is 14.8. The molecule has 0 saturated heterocycles. The molecule has 100 valence electrons. The Kier molecular flexibility index (Phi) is 3.51. The molecule has 1 heterocycles. The Morgan fingerprint density at radius 1 is 1.05 bits per heavy atom. The largest absolute Gasteiger partial charge is 0.320 e. The maximum atomic E-state index is 14.0. The molecule has 0 fully saturated rings. The summed E-state index contributed by atoms with van der Waals surface area (Å²) in [6, 6.07) is 13.8. The summed E-state index contributed by atoms with van der Waals surface area (Å²) in [5.74, 6) is -0.304. The van der Waals surface area contributed by atoms with Crippen molar-refractivity contribution in [2.24, 2.45) is 5.73 Å². The molecule has 0 aliphatic carbocycles. The van der Waals surface area contributed by atoms with E-state index in [0.717, 1.165) is 20.9 Å². The van der Waals surface area contributed by atoms with Gasteiger partial charge in [0, 0.05) is 21.6 Å². The van der Waals surface area contributed by atoms with Gasteiger partial charge in [-0.2, -0.15) is 0 Å². The Balaban J connectivity index is 2.17. The Labute approximate surface area is 124 Å². The lowest BCUT2D eigenvalue weighted by molar-refractivity contribution is 0.600. The van der Waals surface area contributed by atoms with E-state index >= 15 is 0 Å². The predicted molar refractivity (Wildman–Crippen MR) is 81.9 cm³/mol. The fraction of sp³-hybridized carbons (Fsp3) is 0.0625. The van der Waals surface area contributed by atoms with Crippen LogP contribution in [0.15, 0.2) is 59.2 Å². The molecular formula is C16H12BrFN2. The summed E-state index contributed by atoms with van der Waals surface area (Å²) in [4.78, 5) is 4.30. The van der Waals surface area contributed by atoms with E-state index in [4.69, 9.17) is 5.73 Å². The molecule has 0 radical (unpaired) electrons. The molecule has 0 spiro atoms. The Morgan fingerprint density at radius 2 is 1.90 bits per heavy atom. The Hall–Kier alpha value is -1.78. The normalized spacial score (nSPS) is 12.6. The topological polar surface area (TPSA) is 38.9 Å². The van der Waals surface area contributed by atoms with Crippen molar-refractivity contribution in [2.75, 3.05) is 0 Å². The molecule has 0 aliphatic rings. The maximum Gasteiger partial charge on any atom is 0.128 e. The van der Waals surface area contributed by atoms with Crippen molar-refractivity contribution in [2.45, 2.75) is 6.04 Å². The van der Waals surface area contributed by atoms with Crippen LogP contribution in [0, 0.1) is 5.82 Å². The van der Waals surface area contributed by atoms with Crippen molar-refractivity contribution in [3.05, 3.63) is 76.1 Å². The Morgan fingerprint density at radius 3 is 2.75 bits per heavy atom. The second-order valence-electron chi connectivity index (χ2n) is 4.56. The van der Waals surface area contributed by atoms with Crippen LogP contribution in [0.1, 0.15) is 17.2 Å². The van der Waals surface area contributed by atoms with Crippen LogP contribution >= 0.6 is 15.9 Å². The van der Waals surface area contributed by atoms with Crippen molar-refractivity contribution >= 4 is 26.8 Å². The monoisotopic (exact) mass is 330 g/mol. The van der Waals surface area contributed by atoms with Gasteiger partial charge in [0.25, 0.3) is 0 Å². The van der Waals surface area contributed by atoms with Gasteiger partial charge in [-0.3, -0.25) is 4.98 Å². The number of halogens is 2. The molecule has 0 aliphatic heterocycles. The van der Waals surface area contributed by atoms with E-state index in [9.17, 15) is 4.39 Å². The first-order chi connectivity index (χ1) is 9.66. The lowest BCUT2D eigenvalue weighted by atomic mass is 9.95. The van der Waals surface area contributed by atoms with Crippen LogP contribution in [0.25, 0.3) is 10.9 Å². The smallest absolute Gasteiger partial charge is 0.128 e. The summed E-state index contributed by atoms with van der Waals surface area (Å²) in [6.07, 6.45) is 1.73. The first-order valence-electron chi connectivity index (χ1n) is 6.21. The van der Waals surface area contributed by atoms with E-state index in [1.54, 1.807) is 18.3 Å². The molecule has 0 amide bonds. The highest BCUT2D eigenvalue weighted by molar-refractivity contribution is 9.10. The molecule has 20 heavy (non-hydrogen) atoms. The van der Waals surface area contributed by atoms with Gasteiger partial charge in [0.15, 0.2) is 0 Å². The van der Waals surface area contributed by atoms with Gasteiger partial charge in [-0.1, -0.05) is 34.1 Å². The second-order valence-corrected chi connectivity index (χ2v) is 5.48. The van der Waals surface area contributed by atoms with E-state index in [0.29, 0.717) is 5.56 Å². The number of rotatable bonds is 2. The lowest BCUT2D eigenvalue weighted by Crippen LogP contribution is -2.14. The number of fused-ring (bicyclic) bond motifs is 1. The van der Waals surface area contributed by atoms with Crippen molar-refractivity contribution in [1.82, 2.24) is 4.98 Å². The number of aromatic nitrogens is 1. The van der Waals surface area contributed by atoms with Crippen molar-refractivity contribution in [1.29, 1.82) is 0 Å². The van der Waals surface area contributed by atoms with Gasteiger partial charge >= 0.3 is 0 Å². The molecule has 3 rings (SSSR count). The Bertz CT molecular complexity index is 768. The van der Waals surface area contributed by atoms with Gasteiger partial charge < -0.3 is 5.73 Å². The average molecular weight is 331 g/mol. The predicted octanol–water partition coefficient (Wildman–Crippen LogP) is 4.18. The van der Waals surface area contributed by atoms with E-state index in [2.05, 4.69) is 20.9 Å². The summed E-state index contributed by atoms with van der Waals surface area (Å²) in [5.41, 5.74) is 8.46. The van der Waals surface area contributed by atoms with Gasteiger partial charge in [0.05, 0.1) is 11.6 Å². The highest BCUT2D eigenvalue weighted by Gasteiger charge is 2.16. The molecule has 1 atom stereocenters. The zero-order valence-electron chi connectivity index (χ0n) is 10.6. The summed E-state index contributed by atoms with van der Waals surface area (Å²) >= 11 is 3.35. The molecule has 3 aromatic rings. The van der Waals surface area contributed by atoms with E-state index < -0.39 is 6.04 Å². The number of pyridine rings is 1. The van der Waals surface area contributed by atoms with Crippen molar-refractivity contribution < 1.29 is 4.39 Å². The number of nitrogens with zero attached hydrogens (tertiary/aromatic N) is 1. The third kappa shape index (κ3) is 2.32. The van der Waals surface area contributed by atoms with Crippen LogP contribution in [0.4, 0.5) is 4.39 Å². The highest BCUT2D eigenvalue weighted by atomic mass is 79.9. The molecule has 2 nitrogen and oxygen atoms in total. The SMILES string of the molecule is NC(c1cc(Br)ccc1F)c1cccc2ncccc12. The van der Waals surface area contributed by atoms with Crippen LogP contribution in [-0.2, 0) is 0 Å². The minimum atomic E-state index is -0.527. The minimum absolute atomic E-state index is 0.304. The van der Waals surface area contributed by atoms with Crippen LogP contribution in [-0.4, -0.2) is 4.98 Å². The molecular weight excluding hydrogens is 319 g/mol. The average Bonchev–Trinajstić information content (AvgIpc) is 2.48. The van der Waals surface area contributed by atoms with E-state index in [1.165, 1.54) is 6.07 Å². The molecule has 0 bridgehead atoms. The van der Waals surface area contributed by atoms with E-state index in [1.807, 2.05) is 30.3 Å². The first-order valence-corrected chi connectivity index (χ1v) is 7.00. The van der Waals surface area contributed by atoms with Crippen LogP contribution in [0.5, 0.6) is 0 Å². The summed E-state index contributed by atoms with van der Waals surface area (Å²) in [6.45, 7) is 0. The van der Waals surface area contributed by atoms with Gasteiger partial charge in [-0.25, -0.2) is 4.39 Å². The maximum absolute atomic E-state index is 14.0. The standard InChI is InChI=1S/C16H12BrFN2/c17-10-6-7-14(18)13(9-10)16(19)12-3-1-5-15-11(12)4-2-8-20-15/h1-9,16H,19H2. The van der Waals surface area contributed by atoms with Gasteiger partial charge in [-0.05, 0) is 35.9 Å². The van der Waals surface area contributed by atoms with Gasteiger partial charge in [0.2, 0.25) is 0 Å². The lowest BCUT2D eigenvalue weighted by Gasteiger charge is -2.16. The fourth-order valence-corrected chi connectivity index (χ4v) is 2.70. The van der Waals surface area contributed by atoms with Crippen LogP contribution < -0.4 is 5.73 Å².